The quantitative estimate of drug-likeness (QED) is 0.724. The van der Waals surface area contributed by atoms with Crippen LogP contribution in [0.4, 0.5) is 5.69 Å². The molecule has 3 aromatic rings. The fourth-order valence-electron chi connectivity index (χ4n) is 2.53. The van der Waals surface area contributed by atoms with Crippen LogP contribution in [0.2, 0.25) is 0 Å². The minimum Gasteiger partial charge on any atom is -0.454 e. The fourth-order valence-corrected chi connectivity index (χ4v) is 2.53. The molecule has 2 aromatic heterocycles. The third-order valence-electron chi connectivity index (χ3n) is 3.87. The van der Waals surface area contributed by atoms with Crippen molar-refractivity contribution in [3.63, 3.8) is 0 Å². The number of nitrogens with zero attached hydrogens (tertiary/aromatic N) is 2. The number of imidazole rings is 1. The largest absolute Gasteiger partial charge is 0.454 e. The Bertz CT molecular complexity index is 964. The smallest absolute Gasteiger partial charge is 0.359 e. The van der Waals surface area contributed by atoms with E-state index in [1.165, 1.54) is 6.92 Å². The number of benzene rings is 1. The summed E-state index contributed by atoms with van der Waals surface area (Å²) in [7, 11) is 0. The second-order valence-electron chi connectivity index (χ2n) is 5.70. The van der Waals surface area contributed by atoms with Crippen molar-refractivity contribution in [2.75, 3.05) is 12.1 Å². The van der Waals surface area contributed by atoms with Crippen molar-refractivity contribution in [2.24, 2.45) is 0 Å². The van der Waals surface area contributed by atoms with Crippen molar-refractivity contribution in [2.45, 2.75) is 13.0 Å². The molecule has 0 unspecified atom stereocenters. The van der Waals surface area contributed by atoms with Crippen LogP contribution >= 0.6 is 0 Å². The first-order valence-electron chi connectivity index (χ1n) is 7.95. The lowest BCUT2D eigenvalue weighted by Gasteiger charge is -2.13. The summed E-state index contributed by atoms with van der Waals surface area (Å²) in [6, 6.07) is 10.4. The van der Waals surface area contributed by atoms with Crippen LogP contribution in [-0.4, -0.2) is 34.2 Å². The molecule has 1 aliphatic rings. The maximum Gasteiger partial charge on any atom is 0.359 e. The number of ether oxygens (including phenoxy) is 3. The number of hydrogen-bond donors (Lipinski definition) is 1. The predicted octanol–water partition coefficient (Wildman–Crippen LogP) is 2.25. The molecule has 0 spiro atoms. The highest BCUT2D eigenvalue weighted by molar-refractivity contribution is 5.97. The highest BCUT2D eigenvalue weighted by Crippen LogP contribution is 2.34. The van der Waals surface area contributed by atoms with Gasteiger partial charge in [-0.05, 0) is 31.2 Å². The molecular formula is C18H15N3O5. The number of rotatable bonds is 4. The van der Waals surface area contributed by atoms with E-state index in [9.17, 15) is 9.59 Å². The summed E-state index contributed by atoms with van der Waals surface area (Å²) in [5.74, 6) is 0.0505. The first kappa shape index (κ1) is 15.9. The Kier molecular flexibility index (Phi) is 3.92. The molecule has 0 bridgehead atoms. The lowest BCUT2D eigenvalue weighted by molar-refractivity contribution is -0.123. The number of amides is 1. The van der Waals surface area contributed by atoms with Gasteiger partial charge in [0.25, 0.3) is 5.91 Å². The topological polar surface area (TPSA) is 91.2 Å². The van der Waals surface area contributed by atoms with Gasteiger partial charge in [-0.25, -0.2) is 9.78 Å². The lowest BCUT2D eigenvalue weighted by atomic mass is 10.2. The van der Waals surface area contributed by atoms with Crippen molar-refractivity contribution in [3.05, 3.63) is 54.5 Å². The lowest BCUT2D eigenvalue weighted by Crippen LogP contribution is -2.30. The third kappa shape index (κ3) is 3.04. The fraction of sp³-hybridized carbons (Fsp3) is 0.167. The van der Waals surface area contributed by atoms with Crippen LogP contribution in [-0.2, 0) is 9.53 Å². The summed E-state index contributed by atoms with van der Waals surface area (Å²) in [4.78, 5) is 28.7. The zero-order chi connectivity index (χ0) is 18.1. The normalized spacial score (nSPS) is 13.4. The van der Waals surface area contributed by atoms with Crippen molar-refractivity contribution < 1.29 is 23.8 Å². The number of aromatic nitrogens is 2. The van der Waals surface area contributed by atoms with E-state index in [-0.39, 0.29) is 12.5 Å². The van der Waals surface area contributed by atoms with E-state index in [1.54, 1.807) is 41.1 Å². The zero-order valence-corrected chi connectivity index (χ0v) is 13.8. The maximum atomic E-state index is 12.3. The Morgan fingerprint density at radius 1 is 1.23 bits per heavy atom. The molecule has 1 aliphatic heterocycles. The molecule has 0 saturated carbocycles. The first-order chi connectivity index (χ1) is 12.6. The van der Waals surface area contributed by atoms with E-state index < -0.39 is 18.0 Å². The Morgan fingerprint density at radius 3 is 2.92 bits per heavy atom. The van der Waals surface area contributed by atoms with Gasteiger partial charge in [-0.15, -0.1) is 0 Å². The van der Waals surface area contributed by atoms with Crippen LogP contribution in [0.3, 0.4) is 0 Å². The monoisotopic (exact) mass is 353 g/mol. The molecule has 0 aliphatic carbocycles. The van der Waals surface area contributed by atoms with Gasteiger partial charge in [0.15, 0.2) is 23.3 Å². The summed E-state index contributed by atoms with van der Waals surface area (Å²) in [6.45, 7) is 1.65. The number of carbonyl (C=O) groups is 2. The van der Waals surface area contributed by atoms with Gasteiger partial charge in [0.1, 0.15) is 5.65 Å². The highest BCUT2D eigenvalue weighted by atomic mass is 16.7. The molecule has 8 nitrogen and oxygen atoms in total. The average Bonchev–Trinajstić information content (AvgIpc) is 3.27. The molecule has 26 heavy (non-hydrogen) atoms. The van der Waals surface area contributed by atoms with E-state index in [2.05, 4.69) is 10.3 Å². The van der Waals surface area contributed by atoms with Crippen molar-refractivity contribution >= 4 is 23.2 Å². The molecule has 8 heteroatoms. The second-order valence-corrected chi connectivity index (χ2v) is 5.70. The summed E-state index contributed by atoms with van der Waals surface area (Å²) in [5.41, 5.74) is 1.28. The third-order valence-corrected chi connectivity index (χ3v) is 3.87. The molecule has 1 N–H and O–H groups in total. The van der Waals surface area contributed by atoms with Gasteiger partial charge in [0.05, 0.1) is 0 Å². The minimum absolute atomic E-state index is 0.138. The molecule has 3 heterocycles. The molecule has 132 valence electrons. The van der Waals surface area contributed by atoms with E-state index in [4.69, 9.17) is 14.2 Å². The van der Waals surface area contributed by atoms with Crippen LogP contribution in [0.25, 0.3) is 5.65 Å². The molecule has 4 rings (SSSR count). The van der Waals surface area contributed by atoms with Crippen LogP contribution in [0.5, 0.6) is 11.5 Å². The minimum atomic E-state index is -0.988. The Morgan fingerprint density at radius 2 is 2.08 bits per heavy atom. The molecular weight excluding hydrogens is 338 g/mol. The molecule has 0 radical (unpaired) electrons. The van der Waals surface area contributed by atoms with Gasteiger partial charge in [0, 0.05) is 24.1 Å². The molecule has 1 atom stereocenters. The van der Waals surface area contributed by atoms with Crippen molar-refractivity contribution in [1.82, 2.24) is 9.38 Å². The number of esters is 1. The van der Waals surface area contributed by atoms with E-state index in [0.29, 0.717) is 22.8 Å². The zero-order valence-electron chi connectivity index (χ0n) is 13.8. The maximum absolute atomic E-state index is 12.3. The first-order valence-corrected chi connectivity index (χ1v) is 7.95. The molecule has 0 fully saturated rings. The SMILES string of the molecule is C[C@H](OC(=O)c1cn2ccccc2n1)C(=O)Nc1ccc2c(c1)OCO2. The molecule has 1 amide bonds. The summed E-state index contributed by atoms with van der Waals surface area (Å²) in [5, 5.41) is 2.68. The van der Waals surface area contributed by atoms with Crippen LogP contribution in [0.1, 0.15) is 17.4 Å². The number of anilines is 1. The molecule has 1 aromatic carbocycles. The van der Waals surface area contributed by atoms with Gasteiger partial charge in [-0.3, -0.25) is 4.79 Å². The van der Waals surface area contributed by atoms with Gasteiger partial charge < -0.3 is 23.9 Å². The molecule has 0 saturated heterocycles. The summed E-state index contributed by atoms with van der Waals surface area (Å²) in [6.07, 6.45) is 2.34. The van der Waals surface area contributed by atoms with Gasteiger partial charge in [-0.2, -0.15) is 0 Å². The summed E-state index contributed by atoms with van der Waals surface area (Å²) < 4.78 is 17.4. The van der Waals surface area contributed by atoms with Crippen molar-refractivity contribution in [1.29, 1.82) is 0 Å². The average molecular weight is 353 g/mol. The highest BCUT2D eigenvalue weighted by Gasteiger charge is 2.22. The Balaban J connectivity index is 1.41. The number of nitrogens with one attached hydrogen (secondary N) is 1. The number of fused-ring (bicyclic) bond motifs is 2. The Labute approximate surface area is 148 Å². The van der Waals surface area contributed by atoms with E-state index >= 15 is 0 Å². The van der Waals surface area contributed by atoms with Gasteiger partial charge in [-0.1, -0.05) is 6.07 Å². The van der Waals surface area contributed by atoms with Gasteiger partial charge in [0.2, 0.25) is 6.79 Å². The standard InChI is InChI=1S/C18H15N3O5/c1-11(17(22)19-12-5-6-14-15(8-12)25-10-24-14)26-18(23)13-9-21-7-3-2-4-16(21)20-13/h2-9,11H,10H2,1H3,(H,19,22)/t11-/m0/s1. The van der Waals surface area contributed by atoms with Crippen molar-refractivity contribution in [3.8, 4) is 11.5 Å². The van der Waals surface area contributed by atoms with Gasteiger partial charge >= 0.3 is 5.97 Å². The number of hydrogen-bond acceptors (Lipinski definition) is 6. The summed E-state index contributed by atoms with van der Waals surface area (Å²) >= 11 is 0. The predicted molar refractivity (Wildman–Crippen MR) is 91.3 cm³/mol. The van der Waals surface area contributed by atoms with Crippen LogP contribution < -0.4 is 14.8 Å². The van der Waals surface area contributed by atoms with Crippen LogP contribution in [0.15, 0.2) is 48.8 Å². The Hall–Kier alpha value is -3.55. The number of carbonyl (C=O) groups excluding carboxylic acids is 2. The number of pyridine rings is 1. The van der Waals surface area contributed by atoms with Crippen LogP contribution in [0, 0.1) is 0 Å². The van der Waals surface area contributed by atoms with E-state index in [0.717, 1.165) is 0 Å². The second kappa shape index (κ2) is 6.40. The van der Waals surface area contributed by atoms with E-state index in [1.807, 2.05) is 12.1 Å².